The van der Waals surface area contributed by atoms with Crippen molar-refractivity contribution in [1.29, 1.82) is 0 Å². The average molecular weight is 394 g/mol. The van der Waals surface area contributed by atoms with Crippen molar-refractivity contribution in [3.63, 3.8) is 0 Å². The molecule has 9 heteroatoms. The third-order valence-electron chi connectivity index (χ3n) is 4.14. The summed E-state index contributed by atoms with van der Waals surface area (Å²) in [6, 6.07) is 7.38. The number of hydrogen-bond donors (Lipinski definition) is 0. The van der Waals surface area contributed by atoms with Gasteiger partial charge in [0.1, 0.15) is 18.1 Å². The van der Waals surface area contributed by atoms with Gasteiger partial charge in [0.15, 0.2) is 0 Å². The summed E-state index contributed by atoms with van der Waals surface area (Å²) in [5.74, 6) is 0.0653. The lowest BCUT2D eigenvalue weighted by Crippen LogP contribution is -2.48. The van der Waals surface area contributed by atoms with Crippen LogP contribution in [-0.4, -0.2) is 49.1 Å². The molecule has 27 heavy (non-hydrogen) atoms. The van der Waals surface area contributed by atoms with Crippen LogP contribution in [0.1, 0.15) is 35.7 Å². The van der Waals surface area contributed by atoms with Crippen LogP contribution in [0, 0.1) is 6.92 Å². The Hall–Kier alpha value is -2.23. The smallest absolute Gasteiger partial charge is 0.338 e. The zero-order valence-electron chi connectivity index (χ0n) is 15.4. The van der Waals surface area contributed by atoms with Crippen molar-refractivity contribution in [3.05, 3.63) is 47.3 Å². The van der Waals surface area contributed by atoms with Gasteiger partial charge in [-0.1, -0.05) is 5.16 Å². The maximum absolute atomic E-state index is 12.8. The van der Waals surface area contributed by atoms with Gasteiger partial charge < -0.3 is 14.0 Å². The number of esters is 1. The molecule has 2 aromatic rings. The monoisotopic (exact) mass is 394 g/mol. The van der Waals surface area contributed by atoms with Crippen LogP contribution >= 0.6 is 0 Å². The first-order valence-electron chi connectivity index (χ1n) is 8.60. The molecule has 3 rings (SSSR count). The second-order valence-corrected chi connectivity index (χ2v) is 8.55. The molecule has 1 aromatic carbocycles. The molecule has 0 N–H and O–H groups in total. The first kappa shape index (κ1) is 19.5. The minimum Gasteiger partial charge on any atom is -0.455 e. The number of nitrogens with zero attached hydrogens (tertiary/aromatic N) is 2. The molecule has 2 atom stereocenters. The summed E-state index contributed by atoms with van der Waals surface area (Å²) in [4.78, 5) is 12.2. The van der Waals surface area contributed by atoms with Crippen molar-refractivity contribution in [2.24, 2.45) is 0 Å². The molecule has 0 saturated carbocycles. The summed E-state index contributed by atoms with van der Waals surface area (Å²) in [5, 5.41) is 3.74. The lowest BCUT2D eigenvalue weighted by atomic mass is 10.2. The van der Waals surface area contributed by atoms with Crippen LogP contribution in [0.2, 0.25) is 0 Å². The van der Waals surface area contributed by atoms with E-state index in [0.717, 1.165) is 0 Å². The molecule has 0 aliphatic carbocycles. The number of sulfonamides is 1. The van der Waals surface area contributed by atoms with Crippen LogP contribution in [0.4, 0.5) is 0 Å². The number of hydrogen-bond acceptors (Lipinski definition) is 7. The maximum Gasteiger partial charge on any atom is 0.338 e. The van der Waals surface area contributed by atoms with E-state index in [1.54, 1.807) is 13.0 Å². The maximum atomic E-state index is 12.8. The van der Waals surface area contributed by atoms with Gasteiger partial charge in [-0.25, -0.2) is 13.2 Å². The van der Waals surface area contributed by atoms with Gasteiger partial charge in [-0.3, -0.25) is 0 Å². The number of morpholine rings is 1. The van der Waals surface area contributed by atoms with Gasteiger partial charge >= 0.3 is 5.97 Å². The van der Waals surface area contributed by atoms with E-state index in [1.165, 1.54) is 28.6 Å². The highest BCUT2D eigenvalue weighted by Gasteiger charge is 2.32. The molecule has 1 aliphatic rings. The van der Waals surface area contributed by atoms with Gasteiger partial charge in [0.25, 0.3) is 0 Å². The first-order chi connectivity index (χ1) is 12.8. The summed E-state index contributed by atoms with van der Waals surface area (Å²) in [6.45, 7) is 6.01. The van der Waals surface area contributed by atoms with Crippen molar-refractivity contribution < 1.29 is 27.2 Å². The normalized spacial score (nSPS) is 21.1. The molecular formula is C18H22N2O6S. The summed E-state index contributed by atoms with van der Waals surface area (Å²) in [6.07, 6.45) is -0.337. The number of aryl methyl sites for hydroxylation is 1. The summed E-state index contributed by atoms with van der Waals surface area (Å²) in [7, 11) is -3.64. The average Bonchev–Trinajstić information content (AvgIpc) is 3.04. The van der Waals surface area contributed by atoms with Crippen molar-refractivity contribution in [2.75, 3.05) is 13.1 Å². The molecule has 146 valence electrons. The minimum atomic E-state index is -3.64. The third-order valence-corrected chi connectivity index (χ3v) is 5.99. The van der Waals surface area contributed by atoms with E-state index >= 15 is 0 Å². The molecule has 1 fully saturated rings. The predicted octanol–water partition coefficient (Wildman–Crippen LogP) is 2.14. The van der Waals surface area contributed by atoms with E-state index in [1.807, 2.05) is 13.8 Å². The second-order valence-electron chi connectivity index (χ2n) is 6.61. The van der Waals surface area contributed by atoms with Crippen LogP contribution in [0.5, 0.6) is 0 Å². The van der Waals surface area contributed by atoms with E-state index in [-0.39, 0.29) is 29.3 Å². The van der Waals surface area contributed by atoms with Crippen molar-refractivity contribution in [2.45, 2.75) is 44.5 Å². The zero-order valence-corrected chi connectivity index (χ0v) is 16.2. The summed E-state index contributed by atoms with van der Waals surface area (Å²) >= 11 is 0. The molecule has 0 spiro atoms. The van der Waals surface area contributed by atoms with Crippen LogP contribution in [0.25, 0.3) is 0 Å². The third kappa shape index (κ3) is 4.55. The molecule has 0 unspecified atom stereocenters. The van der Waals surface area contributed by atoms with Gasteiger partial charge in [0.2, 0.25) is 10.0 Å². The Morgan fingerprint density at radius 2 is 1.85 bits per heavy atom. The highest BCUT2D eigenvalue weighted by atomic mass is 32.2. The molecule has 1 aliphatic heterocycles. The quantitative estimate of drug-likeness (QED) is 0.716. The van der Waals surface area contributed by atoms with E-state index < -0.39 is 16.0 Å². The largest absolute Gasteiger partial charge is 0.455 e. The highest BCUT2D eigenvalue weighted by Crippen LogP contribution is 2.21. The molecule has 1 aromatic heterocycles. The summed E-state index contributed by atoms with van der Waals surface area (Å²) in [5.41, 5.74) is 0.772. The Morgan fingerprint density at radius 3 is 2.41 bits per heavy atom. The fraction of sp³-hybridized carbons (Fsp3) is 0.444. The molecule has 1 saturated heterocycles. The van der Waals surface area contributed by atoms with Gasteiger partial charge in [0.05, 0.1) is 22.7 Å². The molecule has 0 radical (unpaired) electrons. The Balaban J connectivity index is 1.67. The lowest BCUT2D eigenvalue weighted by molar-refractivity contribution is -0.0440. The number of benzene rings is 1. The first-order valence-corrected chi connectivity index (χ1v) is 10.0. The van der Waals surface area contributed by atoms with Gasteiger partial charge in [-0.05, 0) is 45.0 Å². The van der Waals surface area contributed by atoms with Gasteiger partial charge in [-0.15, -0.1) is 0 Å². The number of ether oxygens (including phenoxy) is 2. The van der Waals surface area contributed by atoms with Crippen LogP contribution in [-0.2, 0) is 26.1 Å². The number of rotatable bonds is 5. The molecule has 8 nitrogen and oxygen atoms in total. The standard InChI is InChI=1S/C18H22N2O6S/c1-12-8-16(19-26-12)11-24-18(21)15-4-6-17(7-5-15)27(22,23)20-9-13(2)25-14(3)10-20/h4-8,13-14H,9-11H2,1-3H3/t13-,14-/m1/s1. The number of aromatic nitrogens is 1. The molecule has 2 heterocycles. The van der Waals surface area contributed by atoms with Gasteiger partial charge in [0, 0.05) is 19.2 Å². The zero-order chi connectivity index (χ0) is 19.6. The van der Waals surface area contributed by atoms with E-state index in [2.05, 4.69) is 5.16 Å². The Labute approximate surface area is 158 Å². The number of carbonyl (C=O) groups excluding carboxylic acids is 1. The van der Waals surface area contributed by atoms with Gasteiger partial charge in [-0.2, -0.15) is 4.31 Å². The minimum absolute atomic E-state index is 0.0141. The van der Waals surface area contributed by atoms with E-state index in [0.29, 0.717) is 24.5 Å². The van der Waals surface area contributed by atoms with Crippen molar-refractivity contribution in [3.8, 4) is 0 Å². The lowest BCUT2D eigenvalue weighted by Gasteiger charge is -2.34. The predicted molar refractivity (Wildman–Crippen MR) is 95.6 cm³/mol. The molecule has 0 bridgehead atoms. The topological polar surface area (TPSA) is 98.9 Å². The van der Waals surface area contributed by atoms with Crippen molar-refractivity contribution in [1.82, 2.24) is 9.46 Å². The molecular weight excluding hydrogens is 372 g/mol. The molecule has 0 amide bonds. The summed E-state index contributed by atoms with van der Waals surface area (Å²) < 4.78 is 42.7. The van der Waals surface area contributed by atoms with Crippen molar-refractivity contribution >= 4 is 16.0 Å². The second kappa shape index (κ2) is 7.79. The Bertz CT molecular complexity index is 896. The van der Waals surface area contributed by atoms with Crippen LogP contribution in [0.3, 0.4) is 0 Å². The van der Waals surface area contributed by atoms with Crippen LogP contribution in [0.15, 0.2) is 39.8 Å². The fourth-order valence-corrected chi connectivity index (χ4v) is 4.54. The van der Waals surface area contributed by atoms with E-state index in [4.69, 9.17) is 14.0 Å². The van der Waals surface area contributed by atoms with Crippen LogP contribution < -0.4 is 0 Å². The Morgan fingerprint density at radius 1 is 1.22 bits per heavy atom. The Kier molecular flexibility index (Phi) is 5.64. The highest BCUT2D eigenvalue weighted by molar-refractivity contribution is 7.89. The fourth-order valence-electron chi connectivity index (χ4n) is 2.95. The number of carbonyl (C=O) groups is 1. The van der Waals surface area contributed by atoms with E-state index in [9.17, 15) is 13.2 Å². The SMILES string of the molecule is Cc1cc(COC(=O)c2ccc(S(=O)(=O)N3C[C@@H](C)O[C@H](C)C3)cc2)no1.